The number of nitrogens with two attached hydrogens (primary N) is 1. The number of hydrogen-bond donors (Lipinski definition) is 2. The van der Waals surface area contributed by atoms with E-state index in [1.807, 2.05) is 6.92 Å². The second-order valence-corrected chi connectivity index (χ2v) is 3.89. The maximum atomic E-state index is 13.1. The Bertz CT molecular complexity index is 466. The van der Waals surface area contributed by atoms with Crippen molar-refractivity contribution in [2.45, 2.75) is 26.7 Å². The Morgan fingerprint density at radius 1 is 1.47 bits per heavy atom. The van der Waals surface area contributed by atoms with Crippen molar-refractivity contribution in [1.82, 2.24) is 0 Å². The van der Waals surface area contributed by atoms with E-state index in [0.717, 1.165) is 6.42 Å². The summed E-state index contributed by atoms with van der Waals surface area (Å²) in [4.78, 5) is 11.0. The number of anilines is 1. The summed E-state index contributed by atoms with van der Waals surface area (Å²) in [5.74, 6) is -1.45. The van der Waals surface area contributed by atoms with E-state index in [-0.39, 0.29) is 11.3 Å². The van der Waals surface area contributed by atoms with Gasteiger partial charge in [-0.3, -0.25) is 0 Å². The molecule has 0 spiro atoms. The molecule has 0 bridgehead atoms. The molecule has 0 aromatic heterocycles. The Labute approximate surface area is 99.8 Å². The molecule has 3 N–H and O–H groups in total. The second kappa shape index (κ2) is 5.48. The molecular formula is C13H16FNO2. The molecule has 0 aliphatic carbocycles. The number of hydrogen-bond acceptors (Lipinski definition) is 2. The maximum Gasteiger partial charge on any atom is 0.331 e. The van der Waals surface area contributed by atoms with E-state index in [0.29, 0.717) is 17.6 Å². The van der Waals surface area contributed by atoms with Gasteiger partial charge < -0.3 is 10.8 Å². The number of rotatable bonds is 4. The molecule has 0 amide bonds. The minimum atomic E-state index is -0.962. The van der Waals surface area contributed by atoms with Gasteiger partial charge >= 0.3 is 5.97 Å². The van der Waals surface area contributed by atoms with Crippen molar-refractivity contribution in [3.05, 3.63) is 35.2 Å². The van der Waals surface area contributed by atoms with Crippen LogP contribution in [0.1, 0.15) is 32.3 Å². The van der Waals surface area contributed by atoms with Crippen LogP contribution in [0.2, 0.25) is 0 Å². The number of carboxylic acids is 1. The Morgan fingerprint density at radius 3 is 2.59 bits per heavy atom. The summed E-state index contributed by atoms with van der Waals surface area (Å²) in [7, 11) is 0. The lowest BCUT2D eigenvalue weighted by Crippen LogP contribution is -2.02. The lowest BCUT2D eigenvalue weighted by molar-refractivity contribution is -0.132. The highest BCUT2D eigenvalue weighted by molar-refractivity contribution is 5.96. The van der Waals surface area contributed by atoms with Crippen LogP contribution < -0.4 is 5.73 Å². The third-order valence-corrected chi connectivity index (χ3v) is 2.62. The fourth-order valence-electron chi connectivity index (χ4n) is 1.66. The van der Waals surface area contributed by atoms with Crippen molar-refractivity contribution in [2.24, 2.45) is 0 Å². The van der Waals surface area contributed by atoms with E-state index in [9.17, 15) is 9.18 Å². The average molecular weight is 237 g/mol. The first-order chi connectivity index (χ1) is 7.97. The lowest BCUT2D eigenvalue weighted by Gasteiger charge is -2.10. The number of carbonyl (C=O) groups is 1. The number of benzene rings is 1. The summed E-state index contributed by atoms with van der Waals surface area (Å²) >= 11 is 0. The largest absolute Gasteiger partial charge is 0.478 e. The van der Waals surface area contributed by atoms with E-state index in [1.54, 1.807) is 13.0 Å². The predicted octanol–water partition coefficient (Wildman–Crippen LogP) is 3.07. The van der Waals surface area contributed by atoms with Gasteiger partial charge in [0, 0.05) is 5.57 Å². The Hall–Kier alpha value is -1.84. The summed E-state index contributed by atoms with van der Waals surface area (Å²) in [5.41, 5.74) is 7.17. The molecule has 0 aliphatic rings. The standard InChI is InChI=1S/C13H16FNO2/c1-3-4-10(8(2)13(16)17)9-5-6-11(14)12(15)7-9/h5-7H,3-4,15H2,1-2H3,(H,16,17)/b10-8-. The van der Waals surface area contributed by atoms with Crippen molar-refractivity contribution < 1.29 is 14.3 Å². The van der Waals surface area contributed by atoms with Crippen LogP contribution in [0.25, 0.3) is 5.57 Å². The molecule has 0 saturated heterocycles. The van der Waals surface area contributed by atoms with Crippen LogP contribution in [-0.4, -0.2) is 11.1 Å². The molecule has 0 fully saturated rings. The van der Waals surface area contributed by atoms with Crippen molar-refractivity contribution in [3.63, 3.8) is 0 Å². The van der Waals surface area contributed by atoms with E-state index in [1.165, 1.54) is 12.1 Å². The van der Waals surface area contributed by atoms with Gasteiger partial charge in [0.1, 0.15) is 5.82 Å². The zero-order chi connectivity index (χ0) is 13.0. The topological polar surface area (TPSA) is 63.3 Å². The minimum Gasteiger partial charge on any atom is -0.478 e. The average Bonchev–Trinajstić information content (AvgIpc) is 2.29. The zero-order valence-corrected chi connectivity index (χ0v) is 9.96. The second-order valence-electron chi connectivity index (χ2n) is 3.89. The minimum absolute atomic E-state index is 0.0364. The fourth-order valence-corrected chi connectivity index (χ4v) is 1.66. The van der Waals surface area contributed by atoms with Crippen LogP contribution in [-0.2, 0) is 4.79 Å². The molecule has 1 rings (SSSR count). The quantitative estimate of drug-likeness (QED) is 0.624. The van der Waals surface area contributed by atoms with Crippen molar-refractivity contribution in [1.29, 1.82) is 0 Å². The van der Waals surface area contributed by atoms with Gasteiger partial charge in [-0.15, -0.1) is 0 Å². The summed E-state index contributed by atoms with van der Waals surface area (Å²) in [6.07, 6.45) is 1.44. The molecule has 0 unspecified atom stereocenters. The lowest BCUT2D eigenvalue weighted by atomic mass is 9.96. The number of nitrogen functional groups attached to an aromatic ring is 1. The summed E-state index contributed by atoms with van der Waals surface area (Å²) < 4.78 is 13.1. The summed E-state index contributed by atoms with van der Waals surface area (Å²) in [6, 6.07) is 4.30. The first kappa shape index (κ1) is 13.2. The first-order valence-electron chi connectivity index (χ1n) is 5.45. The van der Waals surface area contributed by atoms with Crippen LogP contribution in [0.3, 0.4) is 0 Å². The Morgan fingerprint density at radius 2 is 2.12 bits per heavy atom. The molecule has 0 atom stereocenters. The molecule has 1 aromatic carbocycles. The van der Waals surface area contributed by atoms with Crippen LogP contribution in [0.15, 0.2) is 23.8 Å². The molecule has 1 aromatic rings. The number of aliphatic carboxylic acids is 1. The molecule has 17 heavy (non-hydrogen) atoms. The van der Waals surface area contributed by atoms with Gasteiger partial charge in [-0.1, -0.05) is 19.4 Å². The van der Waals surface area contributed by atoms with E-state index in [2.05, 4.69) is 0 Å². The van der Waals surface area contributed by atoms with Gasteiger partial charge in [0.2, 0.25) is 0 Å². The number of carboxylic acid groups (broad SMARTS) is 1. The molecule has 4 heteroatoms. The third-order valence-electron chi connectivity index (χ3n) is 2.62. The van der Waals surface area contributed by atoms with Crippen LogP contribution in [0, 0.1) is 5.82 Å². The van der Waals surface area contributed by atoms with Crippen molar-refractivity contribution in [3.8, 4) is 0 Å². The molecule has 92 valence electrons. The normalized spacial score (nSPS) is 12.2. The summed E-state index contributed by atoms with van der Waals surface area (Å²) in [5, 5.41) is 9.00. The molecule has 0 radical (unpaired) electrons. The van der Waals surface area contributed by atoms with Gasteiger partial charge in [-0.05, 0) is 36.6 Å². The molecule has 0 saturated carbocycles. The smallest absolute Gasteiger partial charge is 0.331 e. The number of halogens is 1. The third kappa shape index (κ3) is 3.06. The van der Waals surface area contributed by atoms with Crippen LogP contribution in [0.5, 0.6) is 0 Å². The van der Waals surface area contributed by atoms with E-state index in [4.69, 9.17) is 10.8 Å². The Balaban J connectivity index is 3.28. The van der Waals surface area contributed by atoms with Gasteiger partial charge in [0.05, 0.1) is 5.69 Å². The van der Waals surface area contributed by atoms with Gasteiger partial charge in [0.25, 0.3) is 0 Å². The molecule has 3 nitrogen and oxygen atoms in total. The number of allylic oxidation sites excluding steroid dienone is 1. The van der Waals surface area contributed by atoms with Crippen molar-refractivity contribution in [2.75, 3.05) is 5.73 Å². The zero-order valence-electron chi connectivity index (χ0n) is 9.96. The van der Waals surface area contributed by atoms with Crippen molar-refractivity contribution >= 4 is 17.2 Å². The van der Waals surface area contributed by atoms with Gasteiger partial charge in [-0.2, -0.15) is 0 Å². The van der Waals surface area contributed by atoms with Gasteiger partial charge in [-0.25, -0.2) is 9.18 Å². The molecule has 0 aliphatic heterocycles. The van der Waals surface area contributed by atoms with Crippen LogP contribution in [0.4, 0.5) is 10.1 Å². The first-order valence-corrected chi connectivity index (χ1v) is 5.45. The predicted molar refractivity (Wildman–Crippen MR) is 66.0 cm³/mol. The van der Waals surface area contributed by atoms with Gasteiger partial charge in [0.15, 0.2) is 0 Å². The molecule has 0 heterocycles. The monoisotopic (exact) mass is 237 g/mol. The highest BCUT2D eigenvalue weighted by Gasteiger charge is 2.12. The van der Waals surface area contributed by atoms with E-state index < -0.39 is 11.8 Å². The molecular weight excluding hydrogens is 221 g/mol. The Kier molecular flexibility index (Phi) is 4.26. The maximum absolute atomic E-state index is 13.1. The highest BCUT2D eigenvalue weighted by Crippen LogP contribution is 2.26. The summed E-state index contributed by atoms with van der Waals surface area (Å²) in [6.45, 7) is 3.51. The highest BCUT2D eigenvalue weighted by atomic mass is 19.1. The van der Waals surface area contributed by atoms with E-state index >= 15 is 0 Å². The SMILES string of the molecule is CCC/C(=C(\C)C(=O)O)c1ccc(F)c(N)c1. The fraction of sp³-hybridized carbons (Fsp3) is 0.308. The van der Waals surface area contributed by atoms with Crippen LogP contribution >= 0.6 is 0 Å².